The number of hydrogen-bond donors (Lipinski definition) is 0. The Kier molecular flexibility index (Phi) is 10.4. The van der Waals surface area contributed by atoms with Crippen LogP contribution in [0.15, 0.2) is 273 Å². The monoisotopic (exact) mass is 943 g/mol. The van der Waals surface area contributed by atoms with Crippen molar-refractivity contribution in [2.75, 3.05) is 0 Å². The summed E-state index contributed by atoms with van der Waals surface area (Å²) in [6.07, 6.45) is 0. The summed E-state index contributed by atoms with van der Waals surface area (Å²) in [7, 11) is 0. The van der Waals surface area contributed by atoms with Crippen molar-refractivity contribution < 1.29 is 0 Å². The van der Waals surface area contributed by atoms with Gasteiger partial charge in [-0.2, -0.15) is 9.97 Å². The van der Waals surface area contributed by atoms with E-state index in [1.807, 2.05) is 24.3 Å². The van der Waals surface area contributed by atoms with Crippen LogP contribution in [0.1, 0.15) is 0 Å². The number of aromatic nitrogens is 5. The normalized spacial score (nSPS) is 11.5. The molecule has 0 amide bonds. The molecule has 346 valence electrons. The highest BCUT2D eigenvalue weighted by Crippen LogP contribution is 2.45. The zero-order valence-corrected chi connectivity index (χ0v) is 40.2. The van der Waals surface area contributed by atoms with Crippen molar-refractivity contribution in [3.8, 4) is 90.0 Å². The molecule has 5 nitrogen and oxygen atoms in total. The van der Waals surface area contributed by atoms with E-state index in [1.54, 1.807) is 0 Å². The van der Waals surface area contributed by atoms with Crippen LogP contribution in [0.4, 0.5) is 0 Å². The molecular weight excluding hydrogens is 899 g/mol. The summed E-state index contributed by atoms with van der Waals surface area (Å²) in [6.45, 7) is 0. The maximum Gasteiger partial charge on any atom is 0.238 e. The number of nitrogens with zero attached hydrogens (tertiary/aromatic N) is 5. The standard InChI is InChI=1S/C69H45N5/c1-5-21-46(22-6-1)47-37-39-51(40-38-47)68-70-67(50-27-11-4-12-28-50)71-69(72-68)74-64-36-20-18-34-60(64)62-42-41-61-59-33-17-19-35-63(59)73(65(61)66(62)74)54-44-52(57-31-15-13-29-55(57)48-23-7-2-8-24-48)43-53(45-54)58-32-16-14-30-56(58)49-25-9-3-10-26-49/h1-45H. The Labute approximate surface area is 428 Å². The summed E-state index contributed by atoms with van der Waals surface area (Å²) < 4.78 is 4.76. The van der Waals surface area contributed by atoms with Crippen molar-refractivity contribution in [1.82, 2.24) is 24.1 Å². The fourth-order valence-electron chi connectivity index (χ4n) is 11.0. The molecular formula is C69H45N5. The number of para-hydroxylation sites is 2. The summed E-state index contributed by atoms with van der Waals surface area (Å²) in [6, 6.07) is 97.4. The van der Waals surface area contributed by atoms with Crippen LogP contribution in [0.5, 0.6) is 0 Å². The van der Waals surface area contributed by atoms with Crippen molar-refractivity contribution in [3.05, 3.63) is 273 Å². The lowest BCUT2D eigenvalue weighted by atomic mass is 9.89. The zero-order valence-electron chi connectivity index (χ0n) is 40.2. The second-order valence-electron chi connectivity index (χ2n) is 18.7. The molecule has 74 heavy (non-hydrogen) atoms. The molecule has 0 bridgehead atoms. The predicted octanol–water partition coefficient (Wildman–Crippen LogP) is 17.7. The summed E-state index contributed by atoms with van der Waals surface area (Å²) in [5.41, 5.74) is 18.5. The Morgan fingerprint density at radius 3 is 1.08 bits per heavy atom. The molecule has 0 radical (unpaired) electrons. The van der Waals surface area contributed by atoms with Crippen LogP contribution in [0.2, 0.25) is 0 Å². The lowest BCUT2D eigenvalue weighted by Crippen LogP contribution is -2.07. The highest BCUT2D eigenvalue weighted by atomic mass is 15.2. The van der Waals surface area contributed by atoms with E-state index in [9.17, 15) is 0 Å². The van der Waals surface area contributed by atoms with E-state index in [2.05, 4.69) is 258 Å². The van der Waals surface area contributed by atoms with Crippen molar-refractivity contribution in [3.63, 3.8) is 0 Å². The lowest BCUT2D eigenvalue weighted by Gasteiger charge is -2.18. The van der Waals surface area contributed by atoms with Crippen LogP contribution < -0.4 is 0 Å². The van der Waals surface area contributed by atoms with E-state index < -0.39 is 0 Å². The van der Waals surface area contributed by atoms with Gasteiger partial charge in [-0.05, 0) is 86.0 Å². The van der Waals surface area contributed by atoms with Gasteiger partial charge in [-0.25, -0.2) is 4.98 Å². The van der Waals surface area contributed by atoms with Crippen molar-refractivity contribution in [2.24, 2.45) is 0 Å². The predicted molar refractivity (Wildman–Crippen MR) is 307 cm³/mol. The summed E-state index contributed by atoms with van der Waals surface area (Å²) in [5.74, 6) is 1.74. The molecule has 0 aliphatic heterocycles. The highest BCUT2D eigenvalue weighted by Gasteiger charge is 2.25. The quantitative estimate of drug-likeness (QED) is 0.145. The molecule has 11 aromatic carbocycles. The SMILES string of the molecule is c1ccc(-c2ccc(-c3nc(-c4ccccc4)nc(-n4c5ccccc5c5ccc6c7ccccc7n(-c7cc(-c8ccccc8-c8ccccc8)cc(-c8ccccc8-c8ccccc8)c7)c6c54)n3)cc2)cc1. The van der Waals surface area contributed by atoms with E-state index in [4.69, 9.17) is 15.0 Å². The van der Waals surface area contributed by atoms with Gasteiger partial charge in [-0.15, -0.1) is 0 Å². The van der Waals surface area contributed by atoms with Crippen molar-refractivity contribution in [2.45, 2.75) is 0 Å². The first-order chi connectivity index (χ1) is 36.7. The minimum Gasteiger partial charge on any atom is -0.307 e. The van der Waals surface area contributed by atoms with Crippen LogP contribution in [-0.2, 0) is 0 Å². The van der Waals surface area contributed by atoms with Gasteiger partial charge in [0.2, 0.25) is 5.95 Å². The minimum absolute atomic E-state index is 0.541. The van der Waals surface area contributed by atoms with Gasteiger partial charge in [0.05, 0.1) is 22.1 Å². The first-order valence-corrected chi connectivity index (χ1v) is 25.1. The topological polar surface area (TPSA) is 48.5 Å². The Bertz CT molecular complexity index is 4290. The van der Waals surface area contributed by atoms with Crippen LogP contribution in [0.3, 0.4) is 0 Å². The average Bonchev–Trinajstić information content (AvgIpc) is 4.07. The molecule has 3 aromatic heterocycles. The van der Waals surface area contributed by atoms with E-state index in [0.29, 0.717) is 17.6 Å². The Morgan fingerprint density at radius 2 is 0.581 bits per heavy atom. The van der Waals surface area contributed by atoms with E-state index in [-0.39, 0.29) is 0 Å². The van der Waals surface area contributed by atoms with Gasteiger partial charge in [-0.3, -0.25) is 4.57 Å². The molecule has 0 N–H and O–H groups in total. The van der Waals surface area contributed by atoms with Crippen LogP contribution in [0.25, 0.3) is 134 Å². The largest absolute Gasteiger partial charge is 0.307 e. The van der Waals surface area contributed by atoms with E-state index in [0.717, 1.165) is 93.8 Å². The van der Waals surface area contributed by atoms with Gasteiger partial charge >= 0.3 is 0 Å². The molecule has 14 rings (SSSR count). The van der Waals surface area contributed by atoms with Crippen LogP contribution in [0, 0.1) is 0 Å². The van der Waals surface area contributed by atoms with Crippen LogP contribution >= 0.6 is 0 Å². The molecule has 3 heterocycles. The Balaban J connectivity index is 1.08. The number of benzene rings is 11. The molecule has 0 aliphatic rings. The van der Waals surface area contributed by atoms with Gasteiger partial charge in [-0.1, -0.05) is 243 Å². The number of hydrogen-bond acceptors (Lipinski definition) is 3. The fourth-order valence-corrected chi connectivity index (χ4v) is 11.0. The smallest absolute Gasteiger partial charge is 0.238 e. The molecule has 14 aromatic rings. The lowest BCUT2D eigenvalue weighted by molar-refractivity contribution is 0.953. The van der Waals surface area contributed by atoms with Gasteiger partial charge < -0.3 is 4.57 Å². The molecule has 0 saturated heterocycles. The molecule has 0 fully saturated rings. The van der Waals surface area contributed by atoms with Gasteiger partial charge in [0.1, 0.15) is 0 Å². The molecule has 5 heteroatoms. The number of rotatable bonds is 9. The first kappa shape index (κ1) is 42.9. The number of fused-ring (bicyclic) bond motifs is 7. The maximum absolute atomic E-state index is 5.45. The molecule has 0 atom stereocenters. The third kappa shape index (κ3) is 7.37. The molecule has 0 unspecified atom stereocenters. The molecule has 0 saturated carbocycles. The second kappa shape index (κ2) is 18.0. The Morgan fingerprint density at radius 1 is 0.230 bits per heavy atom. The molecule has 0 spiro atoms. The maximum atomic E-state index is 5.45. The zero-order chi connectivity index (χ0) is 49.0. The van der Waals surface area contributed by atoms with Crippen molar-refractivity contribution in [1.29, 1.82) is 0 Å². The van der Waals surface area contributed by atoms with Gasteiger partial charge in [0.25, 0.3) is 0 Å². The highest BCUT2D eigenvalue weighted by molar-refractivity contribution is 6.23. The first-order valence-electron chi connectivity index (χ1n) is 25.1. The third-order valence-corrected chi connectivity index (χ3v) is 14.4. The average molecular weight is 944 g/mol. The molecule has 0 aliphatic carbocycles. The second-order valence-corrected chi connectivity index (χ2v) is 18.7. The van der Waals surface area contributed by atoms with Gasteiger partial charge in [0.15, 0.2) is 11.6 Å². The summed E-state index contributed by atoms with van der Waals surface area (Å²) >= 11 is 0. The van der Waals surface area contributed by atoms with Crippen LogP contribution in [-0.4, -0.2) is 24.1 Å². The summed E-state index contributed by atoms with van der Waals surface area (Å²) in [4.78, 5) is 16.1. The minimum atomic E-state index is 0.541. The third-order valence-electron chi connectivity index (χ3n) is 14.4. The van der Waals surface area contributed by atoms with Crippen molar-refractivity contribution >= 4 is 43.6 Å². The van der Waals surface area contributed by atoms with Gasteiger partial charge in [0, 0.05) is 38.4 Å². The summed E-state index contributed by atoms with van der Waals surface area (Å²) in [5, 5.41) is 4.50. The Hall–Kier alpha value is -9.97. The van der Waals surface area contributed by atoms with E-state index >= 15 is 0 Å². The van der Waals surface area contributed by atoms with E-state index in [1.165, 1.54) is 22.3 Å². The fraction of sp³-hybridized carbons (Fsp3) is 0.